The van der Waals surface area contributed by atoms with Gasteiger partial charge in [-0.25, -0.2) is 4.79 Å². The van der Waals surface area contributed by atoms with Gasteiger partial charge in [-0.15, -0.1) is 0 Å². The van der Waals surface area contributed by atoms with E-state index in [2.05, 4.69) is 12.0 Å². The zero-order chi connectivity index (χ0) is 12.7. The Bertz CT molecular complexity index is 738. The maximum absolute atomic E-state index is 10.9. The van der Waals surface area contributed by atoms with E-state index in [1.54, 1.807) is 11.3 Å². The maximum atomic E-state index is 10.9. The molecule has 0 aliphatic carbocycles. The van der Waals surface area contributed by atoms with Gasteiger partial charge in [-0.3, -0.25) is 0 Å². The number of hydrogen-bond acceptors (Lipinski definition) is 4. The molecule has 0 spiro atoms. The highest BCUT2D eigenvalue weighted by atomic mass is 32.2. The number of hydrogen-bond donors (Lipinski definition) is 2. The Morgan fingerprint density at radius 3 is 2.94 bits per heavy atom. The lowest BCUT2D eigenvalue weighted by Crippen LogP contribution is -2.37. The van der Waals surface area contributed by atoms with Gasteiger partial charge in [0.05, 0.1) is 0 Å². The molecule has 1 aromatic carbocycles. The van der Waals surface area contributed by atoms with Crippen LogP contribution >= 0.6 is 23.1 Å². The first-order valence-electron chi connectivity index (χ1n) is 5.41. The minimum Gasteiger partial charge on any atom is -0.480 e. The number of fused-ring (bicyclic) bond motifs is 1. The number of benzene rings is 1. The van der Waals surface area contributed by atoms with Crippen molar-refractivity contribution in [1.29, 1.82) is 0 Å². The fourth-order valence-electron chi connectivity index (χ4n) is 1.87. The molecule has 6 heteroatoms. The smallest absolute Gasteiger partial charge is 0.327 e. The van der Waals surface area contributed by atoms with Crippen LogP contribution in [0.5, 0.6) is 0 Å². The topological polar surface area (TPSA) is 55.2 Å². The van der Waals surface area contributed by atoms with Gasteiger partial charge in [-0.2, -0.15) is 4.24 Å². The summed E-state index contributed by atoms with van der Waals surface area (Å²) in [6.07, 6.45) is 0. The van der Waals surface area contributed by atoms with E-state index in [-0.39, 0.29) is 0 Å². The zero-order valence-electron chi connectivity index (χ0n) is 9.42. The highest BCUT2D eigenvalue weighted by Gasteiger charge is 2.28. The molecule has 0 bridgehead atoms. The van der Waals surface area contributed by atoms with Crippen molar-refractivity contribution in [1.82, 2.24) is 5.32 Å². The van der Waals surface area contributed by atoms with Crippen LogP contribution in [-0.2, 0) is 4.79 Å². The molecule has 1 unspecified atom stereocenters. The average molecular weight is 279 g/mol. The SMILES string of the molecule is C=[n+]1/c(=C2\NC(C(=O)O)CS2)sc2ccccc21. The van der Waals surface area contributed by atoms with Gasteiger partial charge in [0.15, 0.2) is 5.03 Å². The molecule has 18 heavy (non-hydrogen) atoms. The summed E-state index contributed by atoms with van der Waals surface area (Å²) in [6.45, 7) is 4.03. The van der Waals surface area contributed by atoms with Crippen LogP contribution in [0.3, 0.4) is 0 Å². The quantitative estimate of drug-likeness (QED) is 0.754. The summed E-state index contributed by atoms with van der Waals surface area (Å²) in [5.74, 6) is -0.256. The van der Waals surface area contributed by atoms with Crippen molar-refractivity contribution < 1.29 is 14.1 Å². The number of thioether (sulfide) groups is 1. The maximum Gasteiger partial charge on any atom is 0.327 e. The van der Waals surface area contributed by atoms with Crippen LogP contribution < -0.4 is 14.2 Å². The van der Waals surface area contributed by atoms with Crippen molar-refractivity contribution in [2.45, 2.75) is 6.04 Å². The molecule has 1 saturated heterocycles. The van der Waals surface area contributed by atoms with Gasteiger partial charge >= 0.3 is 5.97 Å². The normalized spacial score (nSPS) is 22.1. The molecule has 4 nitrogen and oxygen atoms in total. The second kappa shape index (κ2) is 4.29. The first-order valence-corrected chi connectivity index (χ1v) is 7.21. The summed E-state index contributed by atoms with van der Waals surface area (Å²) < 4.78 is 3.99. The lowest BCUT2D eigenvalue weighted by molar-refractivity contribution is -0.477. The fraction of sp³-hybridized carbons (Fsp3) is 0.167. The van der Waals surface area contributed by atoms with Gasteiger partial charge in [0.1, 0.15) is 17.5 Å². The molecule has 1 atom stereocenters. The highest BCUT2D eigenvalue weighted by Crippen LogP contribution is 2.23. The van der Waals surface area contributed by atoms with Gasteiger partial charge in [-0.05, 0) is 6.07 Å². The number of thiazole rings is 1. The van der Waals surface area contributed by atoms with Crippen molar-refractivity contribution in [3.8, 4) is 0 Å². The molecule has 2 aromatic rings. The number of rotatable bonds is 1. The van der Waals surface area contributed by atoms with Crippen molar-refractivity contribution in [2.24, 2.45) is 0 Å². The Hall–Kier alpha value is -1.53. The summed E-state index contributed by atoms with van der Waals surface area (Å²) in [4.78, 5) is 10.9. The Morgan fingerprint density at radius 1 is 1.50 bits per heavy atom. The zero-order valence-corrected chi connectivity index (χ0v) is 11.1. The third kappa shape index (κ3) is 1.77. The van der Waals surface area contributed by atoms with Crippen molar-refractivity contribution in [2.75, 3.05) is 5.75 Å². The van der Waals surface area contributed by atoms with Gasteiger partial charge in [0.2, 0.25) is 5.52 Å². The fourth-order valence-corrected chi connectivity index (χ4v) is 4.19. The molecule has 3 rings (SSSR count). The Morgan fingerprint density at radius 2 is 2.28 bits per heavy atom. The Labute approximate surface area is 111 Å². The number of carboxylic acids is 1. The first-order chi connectivity index (χ1) is 8.66. The van der Waals surface area contributed by atoms with Crippen LogP contribution in [0.25, 0.3) is 15.2 Å². The molecule has 2 N–H and O–H groups in total. The van der Waals surface area contributed by atoms with Gasteiger partial charge < -0.3 is 10.4 Å². The summed E-state index contributed by atoms with van der Waals surface area (Å²) in [5.41, 5.74) is 1.06. The summed E-state index contributed by atoms with van der Waals surface area (Å²) in [5, 5.41) is 12.9. The Kier molecular flexibility index (Phi) is 2.76. The molecule has 1 aliphatic heterocycles. The molecular weight excluding hydrogens is 268 g/mol. The number of carboxylic acid groups (broad SMARTS) is 1. The van der Waals surface area contributed by atoms with E-state index in [0.29, 0.717) is 5.75 Å². The predicted octanol–water partition coefficient (Wildman–Crippen LogP) is 0.684. The van der Waals surface area contributed by atoms with Crippen molar-refractivity contribution in [3.05, 3.63) is 35.6 Å². The van der Waals surface area contributed by atoms with Crippen LogP contribution in [0.4, 0.5) is 0 Å². The molecule has 0 saturated carbocycles. The molecule has 1 aromatic heterocycles. The number of nitrogens with one attached hydrogen (secondary N) is 1. The minimum atomic E-state index is -0.811. The number of aromatic nitrogens is 1. The number of aliphatic carboxylic acids is 1. The van der Waals surface area contributed by atoms with E-state index in [4.69, 9.17) is 5.11 Å². The molecule has 0 amide bonds. The lowest BCUT2D eigenvalue weighted by Gasteiger charge is -2.00. The number of carbonyl (C=O) groups is 1. The van der Waals surface area contributed by atoms with E-state index in [9.17, 15) is 4.79 Å². The van der Waals surface area contributed by atoms with Crippen molar-refractivity contribution in [3.63, 3.8) is 0 Å². The van der Waals surface area contributed by atoms with Gasteiger partial charge in [0.25, 0.3) is 4.66 Å². The van der Waals surface area contributed by atoms with Gasteiger partial charge in [0, 0.05) is 11.8 Å². The summed E-state index contributed by atoms with van der Waals surface area (Å²) in [6, 6.07) is 7.51. The standard InChI is InChI=1S/C12H10N2O2S2/c1-14-8-4-2-3-5-9(8)18-11(14)10-13-7(6-17-10)12(15)16/h2-5,7,13H,1,6H2/p+1/b11-10-. The highest BCUT2D eigenvalue weighted by molar-refractivity contribution is 8.08. The first kappa shape index (κ1) is 11.6. The third-order valence-corrected chi connectivity index (χ3v) is 5.21. The van der Waals surface area contributed by atoms with Crippen LogP contribution in [0.1, 0.15) is 0 Å². The third-order valence-electron chi connectivity index (χ3n) is 2.80. The lowest BCUT2D eigenvalue weighted by atomic mass is 10.3. The number of para-hydroxylation sites is 1. The molecule has 1 aliphatic rings. The van der Waals surface area contributed by atoms with E-state index < -0.39 is 12.0 Å². The van der Waals surface area contributed by atoms with Gasteiger partial charge in [-0.1, -0.05) is 35.2 Å². The van der Waals surface area contributed by atoms with E-state index in [1.807, 2.05) is 28.5 Å². The Balaban J connectivity index is 2.18. The predicted molar refractivity (Wildman–Crippen MR) is 72.8 cm³/mol. The van der Waals surface area contributed by atoms with E-state index in [0.717, 1.165) is 19.9 Å². The van der Waals surface area contributed by atoms with Crippen LogP contribution in [0, 0.1) is 6.72 Å². The largest absolute Gasteiger partial charge is 0.480 e. The summed E-state index contributed by atoms with van der Waals surface area (Å²) >= 11 is 3.16. The van der Waals surface area contributed by atoms with Crippen molar-refractivity contribution >= 4 is 44.3 Å². The molecular formula is C12H11N2O2S2+. The van der Waals surface area contributed by atoms with Crippen LogP contribution in [0.15, 0.2) is 24.3 Å². The minimum absolute atomic E-state index is 0.504. The second-order valence-electron chi connectivity index (χ2n) is 3.98. The van der Waals surface area contributed by atoms with Crippen LogP contribution in [0.2, 0.25) is 0 Å². The average Bonchev–Trinajstić information content (AvgIpc) is 2.95. The van der Waals surface area contributed by atoms with E-state index >= 15 is 0 Å². The second-order valence-corrected chi connectivity index (χ2v) is 6.04. The molecule has 92 valence electrons. The van der Waals surface area contributed by atoms with E-state index in [1.165, 1.54) is 11.8 Å². The molecule has 0 radical (unpaired) electrons. The monoisotopic (exact) mass is 279 g/mol. The molecule has 2 heterocycles. The summed E-state index contributed by atoms with van der Waals surface area (Å²) in [7, 11) is 0. The van der Waals surface area contributed by atoms with Crippen LogP contribution in [-0.4, -0.2) is 22.9 Å². The number of nitrogens with zero attached hydrogens (tertiary/aromatic N) is 1. The molecule has 1 fully saturated rings.